The number of halogens is 3. The number of nitrogens with zero attached hydrogens (tertiary/aromatic N) is 3. The average Bonchev–Trinajstić information content (AvgIpc) is 3.10. The molecule has 1 aromatic carbocycles. The quantitative estimate of drug-likeness (QED) is 0.584. The van der Waals surface area contributed by atoms with Gasteiger partial charge in [-0.3, -0.25) is 15.1 Å². The molecule has 196 valence electrons. The average molecular weight is 509 g/mol. The fraction of sp³-hybridized carbons (Fsp3) is 0.520. The Bertz CT molecular complexity index is 1190. The van der Waals surface area contributed by atoms with Crippen LogP contribution in [-0.4, -0.2) is 38.7 Å². The van der Waals surface area contributed by atoms with Crippen molar-refractivity contribution in [2.75, 3.05) is 0 Å². The highest BCUT2D eigenvalue weighted by molar-refractivity contribution is 6.05. The number of carbonyl (C=O) groups is 2. The molecule has 3 rings (SSSR count). The third-order valence-electron chi connectivity index (χ3n) is 5.15. The molecule has 0 spiro atoms. The Hall–Kier alpha value is -3.37. The lowest BCUT2D eigenvalue weighted by Crippen LogP contribution is -2.44. The Labute approximate surface area is 207 Å². The first kappa shape index (κ1) is 27.2. The zero-order valence-electron chi connectivity index (χ0n) is 21.4. The van der Waals surface area contributed by atoms with Crippen molar-refractivity contribution >= 4 is 17.9 Å². The maximum Gasteiger partial charge on any atom is 0.413 e. The Morgan fingerprint density at radius 3 is 2.36 bits per heavy atom. The fourth-order valence-corrected chi connectivity index (χ4v) is 3.83. The Kier molecular flexibility index (Phi) is 7.25. The minimum Gasteiger partial charge on any atom is -0.460 e. The molecule has 0 saturated carbocycles. The number of hydrogen-bond acceptors (Lipinski definition) is 6. The summed E-state index contributed by atoms with van der Waals surface area (Å²) in [4.78, 5) is 33.3. The van der Waals surface area contributed by atoms with Crippen LogP contribution in [0.15, 0.2) is 29.4 Å². The number of nitrogens with one attached hydrogen (secondary N) is 1. The normalized spacial score (nSPS) is 17.9. The van der Waals surface area contributed by atoms with Gasteiger partial charge in [-0.05, 0) is 66.2 Å². The van der Waals surface area contributed by atoms with E-state index in [0.717, 1.165) is 6.20 Å². The monoisotopic (exact) mass is 508 g/mol. The van der Waals surface area contributed by atoms with E-state index in [4.69, 9.17) is 9.47 Å². The van der Waals surface area contributed by atoms with Gasteiger partial charge >= 0.3 is 12.1 Å². The number of carbonyl (C=O) groups excluding carboxylic acids is 2. The minimum atomic E-state index is -2.86. The number of amides is 1. The summed E-state index contributed by atoms with van der Waals surface area (Å²) in [6.45, 7) is 11.6. The van der Waals surface area contributed by atoms with E-state index in [1.165, 1.54) is 22.8 Å². The number of alkyl halides is 2. The molecule has 1 aromatic heterocycles. The van der Waals surface area contributed by atoms with Crippen molar-refractivity contribution < 1.29 is 32.2 Å². The highest BCUT2D eigenvalue weighted by atomic mass is 19.3. The molecule has 1 aliphatic rings. The number of alkyl carbamates (subject to hydrolysis) is 1. The molecule has 11 heteroatoms. The number of benzene rings is 1. The lowest BCUT2D eigenvalue weighted by molar-refractivity contribution is -0.153. The molecule has 0 radical (unpaired) electrons. The summed E-state index contributed by atoms with van der Waals surface area (Å²) < 4.78 is 54.4. The lowest BCUT2D eigenvalue weighted by atomic mass is 9.89. The highest BCUT2D eigenvalue weighted by Gasteiger charge is 2.39. The maximum atomic E-state index is 15.1. The summed E-state index contributed by atoms with van der Waals surface area (Å²) in [6, 6.07) is 4.10. The van der Waals surface area contributed by atoms with Crippen molar-refractivity contribution in [1.82, 2.24) is 14.9 Å². The van der Waals surface area contributed by atoms with Crippen LogP contribution in [0.2, 0.25) is 0 Å². The van der Waals surface area contributed by atoms with Gasteiger partial charge in [0.25, 0.3) is 6.43 Å². The van der Waals surface area contributed by atoms with E-state index < -0.39 is 46.7 Å². The maximum absolute atomic E-state index is 15.1. The molecule has 0 fully saturated rings. The zero-order chi connectivity index (χ0) is 27.1. The summed E-state index contributed by atoms with van der Waals surface area (Å²) in [5.41, 5.74) is -2.81. The number of hydrogen-bond donors (Lipinski definition) is 1. The second kappa shape index (κ2) is 9.59. The van der Waals surface area contributed by atoms with Crippen LogP contribution in [0.1, 0.15) is 77.5 Å². The lowest BCUT2D eigenvalue weighted by Gasteiger charge is -2.33. The summed E-state index contributed by atoms with van der Waals surface area (Å²) in [5, 5.41) is 2.46. The standard InChI is InChI=1S/C25H31F3N4O4/c1-23(2,3)35-18(33)11-14-8-9-16(26)15(10-14)25(7)13-32-17(19(27)28)12-29-21(32)20(31-25)30-22(34)36-24(4,5)6/h8-10,12,19H,11,13H2,1-7H3,(H,30,31,34). The van der Waals surface area contributed by atoms with Crippen molar-refractivity contribution in [2.45, 2.75) is 84.6 Å². The van der Waals surface area contributed by atoms with Crippen LogP contribution >= 0.6 is 0 Å². The number of aliphatic imine (C=N–C) groups is 1. The molecule has 2 aromatic rings. The first-order chi connectivity index (χ1) is 16.5. The summed E-state index contributed by atoms with van der Waals surface area (Å²) in [7, 11) is 0. The molecular weight excluding hydrogens is 477 g/mol. The second-order valence-electron chi connectivity index (χ2n) is 10.8. The SMILES string of the molecule is CC(C)(C)OC(=O)Cc1ccc(F)c(C2(C)Cn3c(C(F)F)cnc3C(NC(=O)OC(C)(C)C)=N2)c1. The molecule has 2 heterocycles. The van der Waals surface area contributed by atoms with Crippen molar-refractivity contribution in [3.8, 4) is 0 Å². The predicted octanol–water partition coefficient (Wildman–Crippen LogP) is 5.04. The van der Waals surface area contributed by atoms with Crippen molar-refractivity contribution in [3.05, 3.63) is 52.9 Å². The first-order valence-electron chi connectivity index (χ1n) is 11.4. The van der Waals surface area contributed by atoms with Crippen LogP contribution in [0.4, 0.5) is 18.0 Å². The Morgan fingerprint density at radius 1 is 1.14 bits per heavy atom. The van der Waals surface area contributed by atoms with Gasteiger partial charge in [0.2, 0.25) is 0 Å². The Balaban J connectivity index is 2.04. The van der Waals surface area contributed by atoms with Gasteiger partial charge in [0.15, 0.2) is 11.7 Å². The molecule has 1 N–H and O–H groups in total. The van der Waals surface area contributed by atoms with Crippen molar-refractivity contribution in [1.29, 1.82) is 0 Å². The third-order valence-corrected chi connectivity index (χ3v) is 5.15. The number of imidazole rings is 1. The first-order valence-corrected chi connectivity index (χ1v) is 11.4. The number of esters is 1. The van der Waals surface area contributed by atoms with E-state index in [9.17, 15) is 18.4 Å². The summed E-state index contributed by atoms with van der Waals surface area (Å²) >= 11 is 0. The zero-order valence-corrected chi connectivity index (χ0v) is 21.4. The number of rotatable bonds is 4. The molecular formula is C25H31F3N4O4. The van der Waals surface area contributed by atoms with E-state index in [1.54, 1.807) is 48.5 Å². The third kappa shape index (κ3) is 6.44. The number of aromatic nitrogens is 2. The number of fused-ring (bicyclic) bond motifs is 1. The number of ether oxygens (including phenoxy) is 2. The molecule has 1 amide bonds. The van der Waals surface area contributed by atoms with E-state index in [1.807, 2.05) is 0 Å². The Morgan fingerprint density at radius 2 is 1.78 bits per heavy atom. The molecule has 1 unspecified atom stereocenters. The molecule has 0 saturated heterocycles. The molecule has 1 atom stereocenters. The summed E-state index contributed by atoms with van der Waals surface area (Å²) in [6.07, 6.45) is -2.85. The number of amidine groups is 1. The minimum absolute atomic E-state index is 0.000970. The van der Waals surface area contributed by atoms with Gasteiger partial charge in [0, 0.05) is 5.56 Å². The van der Waals surface area contributed by atoms with Crippen LogP contribution in [0.25, 0.3) is 0 Å². The van der Waals surface area contributed by atoms with Gasteiger partial charge in [-0.1, -0.05) is 6.07 Å². The molecule has 1 aliphatic heterocycles. The summed E-state index contributed by atoms with van der Waals surface area (Å²) in [5.74, 6) is -1.28. The second-order valence-corrected chi connectivity index (χ2v) is 10.8. The van der Waals surface area contributed by atoms with Crippen LogP contribution in [0.3, 0.4) is 0 Å². The van der Waals surface area contributed by atoms with E-state index in [0.29, 0.717) is 5.56 Å². The van der Waals surface area contributed by atoms with Crippen molar-refractivity contribution in [3.63, 3.8) is 0 Å². The largest absolute Gasteiger partial charge is 0.460 e. The van der Waals surface area contributed by atoms with Gasteiger partial charge in [-0.2, -0.15) is 0 Å². The smallest absolute Gasteiger partial charge is 0.413 e. The van der Waals surface area contributed by atoms with Crippen LogP contribution in [0, 0.1) is 5.82 Å². The predicted molar refractivity (Wildman–Crippen MR) is 126 cm³/mol. The van der Waals surface area contributed by atoms with E-state index >= 15 is 4.39 Å². The van der Waals surface area contributed by atoms with Crippen LogP contribution in [0.5, 0.6) is 0 Å². The van der Waals surface area contributed by atoms with Gasteiger partial charge in [-0.15, -0.1) is 0 Å². The molecule has 8 nitrogen and oxygen atoms in total. The van der Waals surface area contributed by atoms with E-state index in [2.05, 4.69) is 15.3 Å². The van der Waals surface area contributed by atoms with E-state index in [-0.39, 0.29) is 30.2 Å². The highest BCUT2D eigenvalue weighted by Crippen LogP contribution is 2.36. The molecule has 0 bridgehead atoms. The van der Waals surface area contributed by atoms with Crippen molar-refractivity contribution in [2.24, 2.45) is 4.99 Å². The van der Waals surface area contributed by atoms with Crippen LogP contribution in [-0.2, 0) is 32.8 Å². The van der Waals surface area contributed by atoms with Gasteiger partial charge < -0.3 is 14.0 Å². The van der Waals surface area contributed by atoms with Crippen LogP contribution < -0.4 is 5.32 Å². The van der Waals surface area contributed by atoms with Gasteiger partial charge in [0.05, 0.1) is 19.2 Å². The molecule has 0 aliphatic carbocycles. The fourth-order valence-electron chi connectivity index (χ4n) is 3.83. The topological polar surface area (TPSA) is 94.8 Å². The van der Waals surface area contributed by atoms with Gasteiger partial charge in [-0.25, -0.2) is 22.9 Å². The van der Waals surface area contributed by atoms with Gasteiger partial charge in [0.1, 0.15) is 28.3 Å². The molecule has 36 heavy (non-hydrogen) atoms.